The molecule has 0 bridgehead atoms. The summed E-state index contributed by atoms with van der Waals surface area (Å²) in [7, 11) is 0. The highest BCUT2D eigenvalue weighted by atomic mass is 35.5. The molecule has 7 heteroatoms. The lowest BCUT2D eigenvalue weighted by Gasteiger charge is -2.57. The topological polar surface area (TPSA) is 82.3 Å². The molecule has 1 aliphatic heterocycles. The van der Waals surface area contributed by atoms with Crippen LogP contribution < -0.4 is 11.1 Å². The molecule has 2 atom stereocenters. The Morgan fingerprint density at radius 2 is 2.24 bits per heavy atom. The first-order valence-electron chi connectivity index (χ1n) is 7.39. The second-order valence-electron chi connectivity index (χ2n) is 5.64. The summed E-state index contributed by atoms with van der Waals surface area (Å²) in [5.41, 5.74) is 5.84. The molecule has 1 saturated heterocycles. The third-order valence-electron chi connectivity index (χ3n) is 4.70. The fourth-order valence-electron chi connectivity index (χ4n) is 3.46. The molecule has 1 aromatic rings. The van der Waals surface area contributed by atoms with Gasteiger partial charge in [-0.15, -0.1) is 0 Å². The van der Waals surface area contributed by atoms with Crippen LogP contribution in [0.25, 0.3) is 0 Å². The van der Waals surface area contributed by atoms with Crippen LogP contribution in [0, 0.1) is 5.41 Å². The maximum absolute atomic E-state index is 6.17. The van der Waals surface area contributed by atoms with Crippen molar-refractivity contribution < 1.29 is 9.47 Å². The third-order valence-corrected chi connectivity index (χ3v) is 5.08. The lowest BCUT2D eigenvalue weighted by Crippen LogP contribution is -2.63. The number of anilines is 2. The van der Waals surface area contributed by atoms with Crippen LogP contribution in [0.5, 0.6) is 0 Å². The number of nitrogens with zero attached hydrogens (tertiary/aromatic N) is 2. The van der Waals surface area contributed by atoms with Crippen molar-refractivity contribution in [1.82, 2.24) is 9.97 Å². The van der Waals surface area contributed by atoms with Gasteiger partial charge in [0.15, 0.2) is 5.82 Å². The van der Waals surface area contributed by atoms with Crippen LogP contribution in [-0.4, -0.2) is 41.9 Å². The molecule has 6 nitrogen and oxygen atoms in total. The van der Waals surface area contributed by atoms with E-state index in [9.17, 15) is 0 Å². The van der Waals surface area contributed by atoms with E-state index in [-0.39, 0.29) is 17.6 Å². The normalized spacial score (nSPS) is 27.3. The molecule has 2 fully saturated rings. The average molecular weight is 313 g/mol. The molecular formula is C14H21ClN4O2. The van der Waals surface area contributed by atoms with Crippen LogP contribution in [0.2, 0.25) is 5.02 Å². The number of rotatable bonds is 4. The molecule has 1 spiro atoms. The quantitative estimate of drug-likeness (QED) is 0.886. The van der Waals surface area contributed by atoms with E-state index >= 15 is 0 Å². The van der Waals surface area contributed by atoms with Gasteiger partial charge in [0.05, 0.1) is 6.10 Å². The Kier molecular flexibility index (Phi) is 4.19. The Balaban J connectivity index is 1.77. The minimum atomic E-state index is 0.108. The second-order valence-corrected chi connectivity index (χ2v) is 6.02. The number of hydrogen-bond donors (Lipinski definition) is 2. The van der Waals surface area contributed by atoms with E-state index in [1.54, 1.807) is 0 Å². The molecule has 2 heterocycles. The minimum absolute atomic E-state index is 0.108. The predicted molar refractivity (Wildman–Crippen MR) is 81.4 cm³/mol. The SMILES string of the molecule is CCO[C@H]1C[C@H](Nc2ncnc(N)c2Cl)C12CCOCC2. The van der Waals surface area contributed by atoms with Crippen molar-refractivity contribution in [2.75, 3.05) is 30.9 Å². The Labute approximate surface area is 129 Å². The van der Waals surface area contributed by atoms with Crippen molar-refractivity contribution in [3.63, 3.8) is 0 Å². The zero-order valence-electron chi connectivity index (χ0n) is 12.1. The molecule has 3 N–H and O–H groups in total. The summed E-state index contributed by atoms with van der Waals surface area (Å²) in [6.07, 6.45) is 4.65. The summed E-state index contributed by atoms with van der Waals surface area (Å²) in [6, 6.07) is 0.282. The minimum Gasteiger partial charge on any atom is -0.382 e. The Hall–Kier alpha value is -1.11. The summed E-state index contributed by atoms with van der Waals surface area (Å²) >= 11 is 6.17. The zero-order valence-corrected chi connectivity index (χ0v) is 12.9. The van der Waals surface area contributed by atoms with Crippen LogP contribution in [0.4, 0.5) is 11.6 Å². The van der Waals surface area contributed by atoms with E-state index in [1.165, 1.54) is 6.33 Å². The molecule has 1 aromatic heterocycles. The number of aromatic nitrogens is 2. The van der Waals surface area contributed by atoms with Gasteiger partial charge in [-0.05, 0) is 26.2 Å². The van der Waals surface area contributed by atoms with Crippen LogP contribution in [-0.2, 0) is 9.47 Å². The van der Waals surface area contributed by atoms with Crippen molar-refractivity contribution in [1.29, 1.82) is 0 Å². The third kappa shape index (κ3) is 2.56. The molecule has 0 amide bonds. The van der Waals surface area contributed by atoms with Crippen molar-refractivity contribution in [2.45, 2.75) is 38.3 Å². The molecule has 21 heavy (non-hydrogen) atoms. The van der Waals surface area contributed by atoms with Crippen LogP contribution in [0.3, 0.4) is 0 Å². The first kappa shape index (κ1) is 14.8. The van der Waals surface area contributed by atoms with Gasteiger partial charge in [0, 0.05) is 31.3 Å². The number of nitrogens with one attached hydrogen (secondary N) is 1. The molecule has 0 unspecified atom stereocenters. The maximum atomic E-state index is 6.17. The van der Waals surface area contributed by atoms with E-state index in [0.717, 1.165) is 39.1 Å². The highest BCUT2D eigenvalue weighted by Crippen LogP contribution is 2.52. The van der Waals surface area contributed by atoms with Gasteiger partial charge in [-0.2, -0.15) is 0 Å². The highest BCUT2D eigenvalue weighted by molar-refractivity contribution is 6.35. The molecule has 2 aliphatic rings. The fourth-order valence-corrected chi connectivity index (χ4v) is 3.61. The first-order valence-corrected chi connectivity index (χ1v) is 7.77. The van der Waals surface area contributed by atoms with Gasteiger partial charge >= 0.3 is 0 Å². The highest BCUT2D eigenvalue weighted by Gasteiger charge is 2.56. The van der Waals surface area contributed by atoms with Gasteiger partial charge in [-0.1, -0.05) is 11.6 Å². The van der Waals surface area contributed by atoms with Crippen molar-refractivity contribution in [2.24, 2.45) is 5.41 Å². The van der Waals surface area contributed by atoms with Gasteiger partial charge in [-0.25, -0.2) is 9.97 Å². The van der Waals surface area contributed by atoms with Crippen molar-refractivity contribution in [3.05, 3.63) is 11.3 Å². The summed E-state index contributed by atoms with van der Waals surface area (Å²) in [5, 5.41) is 3.83. The van der Waals surface area contributed by atoms with Gasteiger partial charge in [-0.3, -0.25) is 0 Å². The number of nitrogens with two attached hydrogens (primary N) is 1. The molecule has 116 valence electrons. The van der Waals surface area contributed by atoms with Crippen molar-refractivity contribution in [3.8, 4) is 0 Å². The molecule has 0 radical (unpaired) electrons. The standard InChI is InChI=1S/C14H21ClN4O2/c1-2-21-10-7-9(14(10)3-5-20-6-4-14)19-13-11(15)12(16)17-8-18-13/h8-10H,2-7H2,1H3,(H3,16,17,18,19)/t9-,10-/m0/s1. The van der Waals surface area contributed by atoms with Crippen LogP contribution in [0.1, 0.15) is 26.2 Å². The second kappa shape index (κ2) is 5.94. The molecular weight excluding hydrogens is 292 g/mol. The van der Waals surface area contributed by atoms with E-state index in [2.05, 4.69) is 15.3 Å². The number of ether oxygens (including phenoxy) is 2. The maximum Gasteiger partial charge on any atom is 0.150 e. The lowest BCUT2D eigenvalue weighted by molar-refractivity contribution is -0.159. The number of nitrogen functional groups attached to an aromatic ring is 1. The first-order chi connectivity index (χ1) is 10.2. The summed E-state index contributed by atoms with van der Waals surface area (Å²) in [5.74, 6) is 0.908. The smallest absolute Gasteiger partial charge is 0.150 e. The number of halogens is 1. The molecule has 1 aliphatic carbocycles. The van der Waals surface area contributed by atoms with Gasteiger partial charge in [0.25, 0.3) is 0 Å². The zero-order chi connectivity index (χ0) is 14.9. The van der Waals surface area contributed by atoms with Crippen LogP contribution >= 0.6 is 11.6 Å². The predicted octanol–water partition coefficient (Wildman–Crippen LogP) is 2.10. The monoisotopic (exact) mass is 312 g/mol. The molecule has 0 aromatic carbocycles. The fraction of sp³-hybridized carbons (Fsp3) is 0.714. The Morgan fingerprint density at radius 3 is 2.95 bits per heavy atom. The van der Waals surface area contributed by atoms with E-state index < -0.39 is 0 Å². The van der Waals surface area contributed by atoms with Gasteiger partial charge in [0.2, 0.25) is 0 Å². The van der Waals surface area contributed by atoms with E-state index in [4.69, 9.17) is 26.8 Å². The average Bonchev–Trinajstić information content (AvgIpc) is 2.51. The summed E-state index contributed by atoms with van der Waals surface area (Å²) in [4.78, 5) is 8.09. The van der Waals surface area contributed by atoms with Gasteiger partial charge < -0.3 is 20.5 Å². The molecule has 1 saturated carbocycles. The van der Waals surface area contributed by atoms with Crippen LogP contribution in [0.15, 0.2) is 6.33 Å². The summed E-state index contributed by atoms with van der Waals surface area (Å²) in [6.45, 7) is 4.33. The molecule has 3 rings (SSSR count). The van der Waals surface area contributed by atoms with E-state index in [0.29, 0.717) is 16.7 Å². The largest absolute Gasteiger partial charge is 0.382 e. The lowest BCUT2D eigenvalue weighted by atomic mass is 9.57. The Bertz CT molecular complexity index is 508. The number of hydrogen-bond acceptors (Lipinski definition) is 6. The van der Waals surface area contributed by atoms with Gasteiger partial charge in [0.1, 0.15) is 17.2 Å². The summed E-state index contributed by atoms with van der Waals surface area (Å²) < 4.78 is 11.4. The van der Waals surface area contributed by atoms with E-state index in [1.807, 2.05) is 6.92 Å². The Morgan fingerprint density at radius 1 is 1.48 bits per heavy atom. The van der Waals surface area contributed by atoms with Crippen molar-refractivity contribution >= 4 is 23.2 Å².